The van der Waals surface area contributed by atoms with Crippen LogP contribution in [0.2, 0.25) is 15.1 Å². The summed E-state index contributed by atoms with van der Waals surface area (Å²) < 4.78 is 0. The molecule has 0 fully saturated rings. The summed E-state index contributed by atoms with van der Waals surface area (Å²) in [5, 5.41) is 1.39. The van der Waals surface area contributed by atoms with Crippen LogP contribution in [0.25, 0.3) is 0 Å². The van der Waals surface area contributed by atoms with E-state index < -0.39 is 0 Å². The highest BCUT2D eigenvalue weighted by molar-refractivity contribution is 6.48. The SMILES string of the molecule is [CH2]C(C)c1ccc(Cl)c(Cl)c1Cl. The van der Waals surface area contributed by atoms with Crippen molar-refractivity contribution >= 4 is 34.8 Å². The van der Waals surface area contributed by atoms with Crippen LogP contribution in [-0.2, 0) is 0 Å². The molecule has 1 atom stereocenters. The van der Waals surface area contributed by atoms with Crippen molar-refractivity contribution < 1.29 is 0 Å². The van der Waals surface area contributed by atoms with Crippen molar-refractivity contribution in [1.29, 1.82) is 0 Å². The Bertz CT molecular complexity index is 292. The second-order valence-corrected chi connectivity index (χ2v) is 3.83. The van der Waals surface area contributed by atoms with Crippen molar-refractivity contribution in [3.63, 3.8) is 0 Å². The molecule has 3 heteroatoms. The van der Waals surface area contributed by atoms with Gasteiger partial charge >= 0.3 is 0 Å². The summed E-state index contributed by atoms with van der Waals surface area (Å²) in [6, 6.07) is 3.57. The molecule has 1 aromatic rings. The molecule has 0 saturated carbocycles. The summed E-state index contributed by atoms with van der Waals surface area (Å²) in [5.74, 6) is 0.118. The molecule has 0 aliphatic carbocycles. The number of hydrogen-bond acceptors (Lipinski definition) is 0. The first kappa shape index (κ1) is 10.2. The molecule has 0 aliphatic heterocycles. The van der Waals surface area contributed by atoms with Gasteiger partial charge in [-0.25, -0.2) is 0 Å². The molecule has 0 saturated heterocycles. The molecular weight excluding hydrogens is 214 g/mol. The van der Waals surface area contributed by atoms with E-state index in [0.717, 1.165) is 5.56 Å². The second kappa shape index (κ2) is 3.87. The van der Waals surface area contributed by atoms with Crippen molar-refractivity contribution in [2.45, 2.75) is 12.8 Å². The van der Waals surface area contributed by atoms with Gasteiger partial charge in [0.1, 0.15) is 0 Å². The predicted octanol–water partition coefficient (Wildman–Crippen LogP) is 4.58. The summed E-state index contributed by atoms with van der Waals surface area (Å²) in [6.45, 7) is 5.80. The standard InChI is InChI=1S/C9H8Cl3/c1-5(2)6-3-4-7(10)9(12)8(6)11/h3-5H,1H2,2H3. The van der Waals surface area contributed by atoms with Gasteiger partial charge in [0.15, 0.2) is 0 Å². The van der Waals surface area contributed by atoms with E-state index in [1.807, 2.05) is 13.0 Å². The van der Waals surface area contributed by atoms with Crippen LogP contribution < -0.4 is 0 Å². The number of halogens is 3. The van der Waals surface area contributed by atoms with E-state index in [9.17, 15) is 0 Å². The minimum atomic E-state index is 0.118. The first-order chi connectivity index (χ1) is 5.54. The zero-order chi connectivity index (χ0) is 9.30. The topological polar surface area (TPSA) is 0 Å². The molecule has 0 N–H and O–H groups in total. The second-order valence-electron chi connectivity index (χ2n) is 2.67. The normalized spacial score (nSPS) is 10.8. The minimum absolute atomic E-state index is 0.118. The van der Waals surface area contributed by atoms with Crippen molar-refractivity contribution in [2.75, 3.05) is 0 Å². The van der Waals surface area contributed by atoms with Crippen molar-refractivity contribution in [1.82, 2.24) is 0 Å². The van der Waals surface area contributed by atoms with Gasteiger partial charge in [-0.3, -0.25) is 0 Å². The molecule has 12 heavy (non-hydrogen) atoms. The maximum atomic E-state index is 5.94. The van der Waals surface area contributed by atoms with Gasteiger partial charge in [-0.15, -0.1) is 0 Å². The third-order valence-electron chi connectivity index (χ3n) is 1.60. The Morgan fingerprint density at radius 3 is 2.25 bits per heavy atom. The Labute approximate surface area is 87.4 Å². The van der Waals surface area contributed by atoms with Crippen LogP contribution in [-0.4, -0.2) is 0 Å². The van der Waals surface area contributed by atoms with Gasteiger partial charge < -0.3 is 0 Å². The van der Waals surface area contributed by atoms with Gasteiger partial charge in [0.05, 0.1) is 15.1 Å². The van der Waals surface area contributed by atoms with E-state index >= 15 is 0 Å². The Balaban J connectivity index is 3.27. The largest absolute Gasteiger partial charge is 0.0827 e. The molecule has 1 rings (SSSR count). The molecule has 1 aromatic carbocycles. The first-order valence-electron chi connectivity index (χ1n) is 3.50. The third-order valence-corrected chi connectivity index (χ3v) is 2.90. The van der Waals surface area contributed by atoms with Gasteiger partial charge in [0, 0.05) is 0 Å². The molecule has 1 unspecified atom stereocenters. The smallest absolute Gasteiger partial charge is 0.0781 e. The van der Waals surface area contributed by atoms with Gasteiger partial charge in [-0.05, 0) is 24.5 Å². The third kappa shape index (κ3) is 1.87. The van der Waals surface area contributed by atoms with Crippen LogP contribution in [0.4, 0.5) is 0 Å². The molecule has 0 aromatic heterocycles. The number of rotatable bonds is 1. The quantitative estimate of drug-likeness (QED) is 0.610. The molecule has 0 amide bonds. The van der Waals surface area contributed by atoms with Crippen LogP contribution in [0.5, 0.6) is 0 Å². The van der Waals surface area contributed by atoms with E-state index in [4.69, 9.17) is 34.8 Å². The maximum Gasteiger partial charge on any atom is 0.0781 e. The lowest BCUT2D eigenvalue weighted by molar-refractivity contribution is 0.965. The van der Waals surface area contributed by atoms with Crippen molar-refractivity contribution in [3.05, 3.63) is 39.7 Å². The van der Waals surface area contributed by atoms with E-state index in [0.29, 0.717) is 15.1 Å². The lowest BCUT2D eigenvalue weighted by Gasteiger charge is -2.09. The molecule has 65 valence electrons. The average molecular weight is 223 g/mol. The Morgan fingerprint density at radius 2 is 1.75 bits per heavy atom. The van der Waals surface area contributed by atoms with Gasteiger partial charge in [0.25, 0.3) is 0 Å². The Kier molecular flexibility index (Phi) is 3.28. The molecule has 0 heterocycles. The van der Waals surface area contributed by atoms with Gasteiger partial charge in [0.2, 0.25) is 0 Å². The monoisotopic (exact) mass is 221 g/mol. The lowest BCUT2D eigenvalue weighted by atomic mass is 10.0. The molecule has 0 nitrogen and oxygen atoms in total. The number of hydrogen-bond donors (Lipinski definition) is 0. The van der Waals surface area contributed by atoms with Gasteiger partial charge in [-0.1, -0.05) is 47.8 Å². The minimum Gasteiger partial charge on any atom is -0.0827 e. The predicted molar refractivity (Wildman–Crippen MR) is 55.2 cm³/mol. The molecule has 1 radical (unpaired) electrons. The summed E-state index contributed by atoms with van der Waals surface area (Å²) in [4.78, 5) is 0. The van der Waals surface area contributed by atoms with Crippen LogP contribution in [0.1, 0.15) is 18.4 Å². The van der Waals surface area contributed by atoms with Crippen molar-refractivity contribution in [3.8, 4) is 0 Å². The summed E-state index contributed by atoms with van der Waals surface area (Å²) in [5.41, 5.74) is 0.922. The van der Waals surface area contributed by atoms with Crippen LogP contribution in [0, 0.1) is 6.92 Å². The number of benzene rings is 1. The lowest BCUT2D eigenvalue weighted by Crippen LogP contribution is -1.89. The van der Waals surface area contributed by atoms with E-state index in [2.05, 4.69) is 6.92 Å². The molecule has 0 spiro atoms. The van der Waals surface area contributed by atoms with Crippen LogP contribution in [0.3, 0.4) is 0 Å². The Hall–Kier alpha value is 0.0900. The first-order valence-corrected chi connectivity index (χ1v) is 4.64. The Morgan fingerprint density at radius 1 is 1.17 bits per heavy atom. The summed E-state index contributed by atoms with van der Waals surface area (Å²) in [6.07, 6.45) is 0. The molecule has 0 bridgehead atoms. The molecule has 0 aliphatic rings. The summed E-state index contributed by atoms with van der Waals surface area (Å²) in [7, 11) is 0. The zero-order valence-electron chi connectivity index (χ0n) is 6.57. The zero-order valence-corrected chi connectivity index (χ0v) is 8.84. The highest BCUT2D eigenvalue weighted by atomic mass is 35.5. The van der Waals surface area contributed by atoms with E-state index in [1.165, 1.54) is 0 Å². The van der Waals surface area contributed by atoms with E-state index in [-0.39, 0.29) is 5.92 Å². The maximum absolute atomic E-state index is 5.94. The highest BCUT2D eigenvalue weighted by Gasteiger charge is 2.10. The average Bonchev–Trinajstić information content (AvgIpc) is 2.00. The fraction of sp³-hybridized carbons (Fsp3) is 0.222. The van der Waals surface area contributed by atoms with Gasteiger partial charge in [-0.2, -0.15) is 0 Å². The highest BCUT2D eigenvalue weighted by Crippen LogP contribution is 2.35. The van der Waals surface area contributed by atoms with Crippen LogP contribution in [0.15, 0.2) is 12.1 Å². The molecular formula is C9H8Cl3. The van der Waals surface area contributed by atoms with Crippen molar-refractivity contribution in [2.24, 2.45) is 0 Å². The van der Waals surface area contributed by atoms with E-state index in [1.54, 1.807) is 6.07 Å². The fourth-order valence-corrected chi connectivity index (χ4v) is 1.65. The van der Waals surface area contributed by atoms with Crippen LogP contribution >= 0.6 is 34.8 Å². The fourth-order valence-electron chi connectivity index (χ4n) is 0.921. The summed E-state index contributed by atoms with van der Waals surface area (Å²) >= 11 is 17.5.